The molecule has 0 aromatic heterocycles. The van der Waals surface area contributed by atoms with Gasteiger partial charge in [-0.2, -0.15) is 0 Å². The minimum atomic E-state index is -0.651. The van der Waals surface area contributed by atoms with Crippen molar-refractivity contribution in [1.29, 1.82) is 0 Å². The molecule has 3 heteroatoms. The smallest absolute Gasteiger partial charge is 0.303 e. The molecule has 2 unspecified atom stereocenters. The summed E-state index contributed by atoms with van der Waals surface area (Å²) in [4.78, 5) is 12.9. The molecule has 0 radical (unpaired) electrons. The van der Waals surface area contributed by atoms with E-state index >= 15 is 0 Å². The van der Waals surface area contributed by atoms with Gasteiger partial charge in [-0.25, -0.2) is 0 Å². The topological polar surface area (TPSA) is 40.5 Å². The first-order valence-electron chi connectivity index (χ1n) is 5.03. The molecule has 13 heavy (non-hydrogen) atoms. The molecule has 76 valence electrons. The summed E-state index contributed by atoms with van der Waals surface area (Å²) in [5.74, 6) is 0.329. The van der Waals surface area contributed by atoms with Gasteiger partial charge in [-0.15, -0.1) is 0 Å². The standard InChI is InChI=1S/C10H19NO2/c1-3-8(6-10(12)13)9-4-5-11(2)7-9/h8-9H,3-7H2,1-2H3,(H,12,13). The summed E-state index contributed by atoms with van der Waals surface area (Å²) in [5.41, 5.74) is 0. The molecule has 1 heterocycles. The molecule has 0 aliphatic carbocycles. The van der Waals surface area contributed by atoms with Crippen LogP contribution in [0.15, 0.2) is 0 Å². The molecule has 0 aromatic carbocycles. The van der Waals surface area contributed by atoms with Crippen molar-refractivity contribution in [2.45, 2.75) is 26.2 Å². The summed E-state index contributed by atoms with van der Waals surface area (Å²) in [5, 5.41) is 8.73. The number of carboxylic acids is 1. The molecule has 1 fully saturated rings. The van der Waals surface area contributed by atoms with Crippen molar-refractivity contribution in [2.24, 2.45) is 11.8 Å². The first-order chi connectivity index (χ1) is 6.13. The van der Waals surface area contributed by atoms with Crippen LogP contribution in [-0.2, 0) is 4.79 Å². The van der Waals surface area contributed by atoms with E-state index in [1.165, 1.54) is 6.42 Å². The van der Waals surface area contributed by atoms with E-state index in [9.17, 15) is 4.79 Å². The van der Waals surface area contributed by atoms with Gasteiger partial charge >= 0.3 is 5.97 Å². The maximum Gasteiger partial charge on any atom is 0.303 e. The third kappa shape index (κ3) is 2.99. The summed E-state index contributed by atoms with van der Waals surface area (Å²) >= 11 is 0. The molecule has 1 aliphatic heterocycles. The Hall–Kier alpha value is -0.570. The number of carbonyl (C=O) groups is 1. The highest BCUT2D eigenvalue weighted by atomic mass is 16.4. The van der Waals surface area contributed by atoms with Crippen LogP contribution in [0.4, 0.5) is 0 Å². The Balaban J connectivity index is 2.42. The van der Waals surface area contributed by atoms with Gasteiger partial charge < -0.3 is 10.0 Å². The third-order valence-corrected chi connectivity index (χ3v) is 3.06. The van der Waals surface area contributed by atoms with E-state index in [2.05, 4.69) is 18.9 Å². The minimum Gasteiger partial charge on any atom is -0.481 e. The van der Waals surface area contributed by atoms with Gasteiger partial charge in [-0.3, -0.25) is 4.79 Å². The van der Waals surface area contributed by atoms with Crippen LogP contribution in [0.25, 0.3) is 0 Å². The predicted molar refractivity (Wildman–Crippen MR) is 51.6 cm³/mol. The second-order valence-electron chi connectivity index (χ2n) is 4.08. The van der Waals surface area contributed by atoms with Gasteiger partial charge in [0.25, 0.3) is 0 Å². The SMILES string of the molecule is CCC(CC(=O)O)C1CCN(C)C1. The van der Waals surface area contributed by atoms with Crippen LogP contribution in [0.5, 0.6) is 0 Å². The van der Waals surface area contributed by atoms with Crippen molar-refractivity contribution in [2.75, 3.05) is 20.1 Å². The van der Waals surface area contributed by atoms with Crippen molar-refractivity contribution < 1.29 is 9.90 Å². The van der Waals surface area contributed by atoms with E-state index in [1.54, 1.807) is 0 Å². The minimum absolute atomic E-state index is 0.342. The van der Waals surface area contributed by atoms with Gasteiger partial charge in [0, 0.05) is 13.0 Å². The Bertz CT molecular complexity index is 182. The quantitative estimate of drug-likeness (QED) is 0.720. The monoisotopic (exact) mass is 185 g/mol. The molecule has 1 N–H and O–H groups in total. The zero-order chi connectivity index (χ0) is 9.84. The van der Waals surface area contributed by atoms with Gasteiger partial charge in [0.05, 0.1) is 0 Å². The summed E-state index contributed by atoms with van der Waals surface area (Å²) in [6, 6.07) is 0. The Morgan fingerprint density at radius 1 is 1.69 bits per heavy atom. The van der Waals surface area contributed by atoms with E-state index in [0.29, 0.717) is 18.3 Å². The van der Waals surface area contributed by atoms with Gasteiger partial charge in [0.2, 0.25) is 0 Å². The summed E-state index contributed by atoms with van der Waals surface area (Å²) < 4.78 is 0. The number of rotatable bonds is 4. The number of hydrogen-bond acceptors (Lipinski definition) is 2. The van der Waals surface area contributed by atoms with Crippen LogP contribution in [0.3, 0.4) is 0 Å². The van der Waals surface area contributed by atoms with Crippen LogP contribution < -0.4 is 0 Å². The Morgan fingerprint density at radius 3 is 2.77 bits per heavy atom. The van der Waals surface area contributed by atoms with Crippen molar-refractivity contribution in [1.82, 2.24) is 4.90 Å². The summed E-state index contributed by atoms with van der Waals surface area (Å²) in [7, 11) is 2.10. The Labute approximate surface area is 79.7 Å². The highest BCUT2D eigenvalue weighted by Gasteiger charge is 2.27. The number of likely N-dealkylation sites (tertiary alicyclic amines) is 1. The maximum atomic E-state index is 10.6. The molecule has 2 atom stereocenters. The van der Waals surface area contributed by atoms with E-state index in [1.807, 2.05) is 0 Å². The van der Waals surface area contributed by atoms with Crippen molar-refractivity contribution in [3.8, 4) is 0 Å². The van der Waals surface area contributed by atoms with Crippen LogP contribution in [0, 0.1) is 11.8 Å². The molecule has 3 nitrogen and oxygen atoms in total. The molecular formula is C10H19NO2. The molecule has 1 saturated heterocycles. The molecule has 0 saturated carbocycles. The van der Waals surface area contributed by atoms with Crippen molar-refractivity contribution in [3.05, 3.63) is 0 Å². The molecular weight excluding hydrogens is 166 g/mol. The fourth-order valence-electron chi connectivity index (χ4n) is 2.22. The lowest BCUT2D eigenvalue weighted by Crippen LogP contribution is -2.21. The zero-order valence-electron chi connectivity index (χ0n) is 8.49. The highest BCUT2D eigenvalue weighted by molar-refractivity contribution is 5.67. The van der Waals surface area contributed by atoms with Gasteiger partial charge in [0.15, 0.2) is 0 Å². The lowest BCUT2D eigenvalue weighted by molar-refractivity contribution is -0.138. The normalized spacial score (nSPS) is 26.2. The Morgan fingerprint density at radius 2 is 2.38 bits per heavy atom. The average molecular weight is 185 g/mol. The molecule has 0 bridgehead atoms. The molecule has 1 aliphatic rings. The van der Waals surface area contributed by atoms with Gasteiger partial charge in [-0.05, 0) is 31.8 Å². The second-order valence-corrected chi connectivity index (χ2v) is 4.08. The highest BCUT2D eigenvalue weighted by Crippen LogP contribution is 2.27. The van der Waals surface area contributed by atoms with Crippen LogP contribution in [0.2, 0.25) is 0 Å². The number of hydrogen-bond donors (Lipinski definition) is 1. The molecule has 1 rings (SSSR count). The first-order valence-corrected chi connectivity index (χ1v) is 5.03. The average Bonchev–Trinajstić information content (AvgIpc) is 2.47. The predicted octanol–water partition coefficient (Wildman–Crippen LogP) is 1.44. The Kier molecular flexibility index (Phi) is 3.72. The van der Waals surface area contributed by atoms with Crippen molar-refractivity contribution >= 4 is 5.97 Å². The molecule has 0 aromatic rings. The van der Waals surface area contributed by atoms with Gasteiger partial charge in [-0.1, -0.05) is 13.3 Å². The summed E-state index contributed by atoms with van der Waals surface area (Å²) in [6.07, 6.45) is 2.50. The molecule has 0 spiro atoms. The fourth-order valence-corrected chi connectivity index (χ4v) is 2.22. The lowest BCUT2D eigenvalue weighted by Gasteiger charge is -2.19. The molecule has 0 amide bonds. The number of nitrogens with zero attached hydrogens (tertiary/aromatic N) is 1. The number of carboxylic acid groups (broad SMARTS) is 1. The van der Waals surface area contributed by atoms with E-state index < -0.39 is 5.97 Å². The van der Waals surface area contributed by atoms with E-state index in [-0.39, 0.29) is 0 Å². The fraction of sp³-hybridized carbons (Fsp3) is 0.900. The lowest BCUT2D eigenvalue weighted by atomic mass is 9.87. The second kappa shape index (κ2) is 4.61. The van der Waals surface area contributed by atoms with E-state index in [4.69, 9.17) is 5.11 Å². The first kappa shape index (κ1) is 10.5. The van der Waals surface area contributed by atoms with Crippen LogP contribution in [-0.4, -0.2) is 36.1 Å². The van der Waals surface area contributed by atoms with Crippen molar-refractivity contribution in [3.63, 3.8) is 0 Å². The largest absolute Gasteiger partial charge is 0.481 e. The van der Waals surface area contributed by atoms with Crippen LogP contribution >= 0.6 is 0 Å². The van der Waals surface area contributed by atoms with Gasteiger partial charge in [0.1, 0.15) is 0 Å². The maximum absolute atomic E-state index is 10.6. The summed E-state index contributed by atoms with van der Waals surface area (Å²) in [6.45, 7) is 4.29. The van der Waals surface area contributed by atoms with E-state index in [0.717, 1.165) is 19.5 Å². The number of aliphatic carboxylic acids is 1. The third-order valence-electron chi connectivity index (χ3n) is 3.06. The van der Waals surface area contributed by atoms with Crippen LogP contribution in [0.1, 0.15) is 26.2 Å². The zero-order valence-corrected chi connectivity index (χ0v) is 8.49.